The van der Waals surface area contributed by atoms with E-state index in [1.165, 1.54) is 32.3 Å². The number of nitrogens with one attached hydrogen (secondary N) is 1. The van der Waals surface area contributed by atoms with Crippen molar-refractivity contribution in [3.63, 3.8) is 0 Å². The predicted molar refractivity (Wildman–Crippen MR) is 268 cm³/mol. The van der Waals surface area contributed by atoms with Crippen LogP contribution in [0.15, 0.2) is 225 Å². The summed E-state index contributed by atoms with van der Waals surface area (Å²) < 4.78 is 15.8. The van der Waals surface area contributed by atoms with Crippen molar-refractivity contribution in [1.82, 2.24) is 9.88 Å². The SMILES string of the molecule is c1ccc(-c2ccc(C3N=C(c4ccc5c(c4)oc4ccccc45)N=C(c4c(-n5c6cc7ccccc7cc6c6cc7ccccc7cc65)ccc5c4oc4ccccc45)N3)cc2)cc1. The molecule has 4 heterocycles. The zero-order valence-corrected chi connectivity index (χ0v) is 34.9. The molecule has 1 aliphatic rings. The van der Waals surface area contributed by atoms with Gasteiger partial charge in [0.25, 0.3) is 0 Å². The molecule has 0 spiro atoms. The fourth-order valence-corrected chi connectivity index (χ4v) is 10.1. The average Bonchev–Trinajstić information content (AvgIpc) is 4.03. The normalized spacial score (nSPS) is 14.3. The van der Waals surface area contributed by atoms with Crippen molar-refractivity contribution in [2.75, 3.05) is 0 Å². The summed E-state index contributed by atoms with van der Waals surface area (Å²) in [7, 11) is 0. The van der Waals surface area contributed by atoms with Crippen LogP contribution in [0.5, 0.6) is 0 Å². The number of furan rings is 2. The number of amidine groups is 2. The van der Waals surface area contributed by atoms with Crippen LogP contribution < -0.4 is 5.32 Å². The standard InChI is InChI=1S/C59H36N4O2/c1-2-12-35(13-3-1)36-22-24-37(25-23-36)57-60-58(42-26-27-45-43-18-8-10-20-52(43)64-54(45)34-42)62-59(61-57)55-49(29-28-46-44-19-9-11-21-53(44)65-56(46)55)63-50-32-40-16-6-4-14-38(40)30-47(50)48-31-39-15-5-7-17-41(39)33-51(48)63/h1-34,57H,(H,60,61,62). The van der Waals surface area contributed by atoms with Crippen LogP contribution in [-0.2, 0) is 0 Å². The highest BCUT2D eigenvalue weighted by atomic mass is 16.3. The van der Waals surface area contributed by atoms with Gasteiger partial charge in [-0.05, 0) is 98.9 Å². The monoisotopic (exact) mass is 832 g/mol. The van der Waals surface area contributed by atoms with Gasteiger partial charge in [0.15, 0.2) is 5.84 Å². The lowest BCUT2D eigenvalue weighted by molar-refractivity contribution is 0.658. The number of rotatable bonds is 5. The summed E-state index contributed by atoms with van der Waals surface area (Å²) in [6.45, 7) is 0. The van der Waals surface area contributed by atoms with Gasteiger partial charge in [-0.15, -0.1) is 0 Å². The van der Waals surface area contributed by atoms with Gasteiger partial charge in [-0.2, -0.15) is 0 Å². The van der Waals surface area contributed by atoms with Gasteiger partial charge in [-0.1, -0.05) is 146 Å². The Morgan fingerprint density at radius 3 is 1.65 bits per heavy atom. The summed E-state index contributed by atoms with van der Waals surface area (Å²) in [5.74, 6) is 1.25. The van der Waals surface area contributed by atoms with Gasteiger partial charge >= 0.3 is 0 Å². The Morgan fingerprint density at radius 2 is 0.954 bits per heavy atom. The molecular formula is C59H36N4O2. The lowest BCUT2D eigenvalue weighted by Gasteiger charge is -2.25. The molecule has 14 rings (SSSR count). The molecule has 0 aliphatic carbocycles. The van der Waals surface area contributed by atoms with Crippen molar-refractivity contribution < 1.29 is 8.83 Å². The molecule has 3 aromatic heterocycles. The molecule has 1 N–H and O–H groups in total. The Bertz CT molecular complexity index is 4060. The van der Waals surface area contributed by atoms with Crippen molar-refractivity contribution in [1.29, 1.82) is 0 Å². The first kappa shape index (κ1) is 35.8. The largest absolute Gasteiger partial charge is 0.456 e. The Morgan fingerprint density at radius 1 is 0.415 bits per heavy atom. The molecular weight excluding hydrogens is 797 g/mol. The second-order valence-corrected chi connectivity index (χ2v) is 17.0. The molecule has 0 radical (unpaired) electrons. The molecule has 65 heavy (non-hydrogen) atoms. The van der Waals surface area contributed by atoms with E-state index in [9.17, 15) is 0 Å². The van der Waals surface area contributed by atoms with E-state index in [4.69, 9.17) is 18.8 Å². The summed E-state index contributed by atoms with van der Waals surface area (Å²) in [6, 6.07) is 72.9. The fraction of sp³-hybridized carbons (Fsp3) is 0.0169. The first-order valence-electron chi connectivity index (χ1n) is 22.0. The average molecular weight is 833 g/mol. The quantitative estimate of drug-likeness (QED) is 0.188. The van der Waals surface area contributed by atoms with Gasteiger partial charge in [-0.3, -0.25) is 0 Å². The smallest absolute Gasteiger partial charge is 0.159 e. The second kappa shape index (κ2) is 13.9. The topological polar surface area (TPSA) is 68.0 Å². The molecule has 0 saturated heterocycles. The number of fused-ring (bicyclic) bond motifs is 11. The van der Waals surface area contributed by atoms with Gasteiger partial charge in [-0.25, -0.2) is 9.98 Å². The highest BCUT2D eigenvalue weighted by Crippen LogP contribution is 2.42. The molecule has 10 aromatic carbocycles. The molecule has 0 saturated carbocycles. The third-order valence-electron chi connectivity index (χ3n) is 13.2. The summed E-state index contributed by atoms with van der Waals surface area (Å²) >= 11 is 0. The van der Waals surface area contributed by atoms with Crippen LogP contribution in [0.1, 0.15) is 22.9 Å². The van der Waals surface area contributed by atoms with Crippen LogP contribution >= 0.6 is 0 Å². The van der Waals surface area contributed by atoms with Gasteiger partial charge in [0.2, 0.25) is 0 Å². The lowest BCUT2D eigenvalue weighted by atomic mass is 10.0. The number of aliphatic imine (C=N–C) groups is 2. The first-order valence-corrected chi connectivity index (χ1v) is 22.0. The van der Waals surface area contributed by atoms with Gasteiger partial charge in [0.05, 0.1) is 22.3 Å². The van der Waals surface area contributed by atoms with Crippen molar-refractivity contribution in [2.45, 2.75) is 6.17 Å². The summed E-state index contributed by atoms with van der Waals surface area (Å²) in [5, 5.41) is 15.1. The van der Waals surface area contributed by atoms with Crippen LogP contribution in [0.2, 0.25) is 0 Å². The van der Waals surface area contributed by atoms with E-state index in [0.29, 0.717) is 11.7 Å². The number of benzene rings is 10. The molecule has 0 fully saturated rings. The summed E-state index contributed by atoms with van der Waals surface area (Å²) in [5.41, 5.74) is 11.3. The highest BCUT2D eigenvalue weighted by Gasteiger charge is 2.29. The number of nitrogens with zero attached hydrogens (tertiary/aromatic N) is 3. The first-order chi connectivity index (χ1) is 32.2. The Labute approximate surface area is 372 Å². The second-order valence-electron chi connectivity index (χ2n) is 17.0. The maximum Gasteiger partial charge on any atom is 0.159 e. The van der Waals surface area contributed by atoms with E-state index in [0.717, 1.165) is 88.4 Å². The zero-order chi connectivity index (χ0) is 42.6. The lowest BCUT2D eigenvalue weighted by Crippen LogP contribution is -2.34. The minimum absolute atomic E-state index is 0.479. The van der Waals surface area contributed by atoms with E-state index < -0.39 is 6.17 Å². The Balaban J connectivity index is 1.05. The van der Waals surface area contributed by atoms with E-state index in [1.54, 1.807) is 0 Å². The molecule has 6 heteroatoms. The van der Waals surface area contributed by atoms with Crippen LogP contribution in [0.4, 0.5) is 0 Å². The molecule has 1 unspecified atom stereocenters. The van der Waals surface area contributed by atoms with E-state index >= 15 is 0 Å². The maximum atomic E-state index is 6.99. The number of hydrogen-bond acceptors (Lipinski definition) is 5. The molecule has 6 nitrogen and oxygen atoms in total. The molecule has 13 aromatic rings. The Hall–Kier alpha value is -8.74. The fourth-order valence-electron chi connectivity index (χ4n) is 10.1. The molecule has 304 valence electrons. The van der Waals surface area contributed by atoms with E-state index in [-0.39, 0.29) is 0 Å². The molecule has 0 amide bonds. The maximum absolute atomic E-state index is 6.99. The summed E-state index contributed by atoms with van der Waals surface area (Å²) in [4.78, 5) is 10.9. The molecule has 0 bridgehead atoms. The minimum atomic E-state index is -0.479. The number of para-hydroxylation sites is 2. The van der Waals surface area contributed by atoms with Crippen molar-refractivity contribution in [3.8, 4) is 16.8 Å². The third kappa shape index (κ3) is 5.60. The Kier molecular flexibility index (Phi) is 7.65. The van der Waals surface area contributed by atoms with Crippen LogP contribution in [0, 0.1) is 0 Å². The van der Waals surface area contributed by atoms with Crippen LogP contribution in [-0.4, -0.2) is 16.2 Å². The zero-order valence-electron chi connectivity index (χ0n) is 34.9. The number of hydrogen-bond donors (Lipinski definition) is 1. The van der Waals surface area contributed by atoms with Crippen LogP contribution in [0.25, 0.3) is 104 Å². The number of aromatic nitrogens is 1. The van der Waals surface area contributed by atoms with E-state index in [2.05, 4.69) is 180 Å². The van der Waals surface area contributed by atoms with Gasteiger partial charge < -0.3 is 18.7 Å². The van der Waals surface area contributed by atoms with E-state index in [1.807, 2.05) is 36.4 Å². The van der Waals surface area contributed by atoms with Crippen LogP contribution in [0.3, 0.4) is 0 Å². The van der Waals surface area contributed by atoms with Crippen molar-refractivity contribution in [3.05, 3.63) is 223 Å². The molecule has 1 aliphatic heterocycles. The highest BCUT2D eigenvalue weighted by molar-refractivity contribution is 6.23. The minimum Gasteiger partial charge on any atom is -0.456 e. The summed E-state index contributed by atoms with van der Waals surface area (Å²) in [6.07, 6.45) is -0.479. The molecule has 1 atom stereocenters. The van der Waals surface area contributed by atoms with Crippen molar-refractivity contribution >= 4 is 98.9 Å². The third-order valence-corrected chi connectivity index (χ3v) is 13.2. The van der Waals surface area contributed by atoms with Gasteiger partial charge in [0, 0.05) is 37.9 Å². The van der Waals surface area contributed by atoms with Gasteiger partial charge in [0.1, 0.15) is 34.3 Å². The van der Waals surface area contributed by atoms with Crippen molar-refractivity contribution in [2.24, 2.45) is 9.98 Å². The predicted octanol–water partition coefficient (Wildman–Crippen LogP) is 15.1.